The van der Waals surface area contributed by atoms with Crippen molar-refractivity contribution in [2.24, 2.45) is 0 Å². The van der Waals surface area contributed by atoms with Gasteiger partial charge in [-0.2, -0.15) is 0 Å². The predicted octanol–water partition coefficient (Wildman–Crippen LogP) is 6.14. The molecule has 0 saturated heterocycles. The van der Waals surface area contributed by atoms with Gasteiger partial charge in [-0.25, -0.2) is 0 Å². The molecule has 1 amide bonds. The van der Waals surface area contributed by atoms with Crippen molar-refractivity contribution in [2.75, 3.05) is 11.9 Å². The van der Waals surface area contributed by atoms with Gasteiger partial charge in [0.1, 0.15) is 11.3 Å². The zero-order chi connectivity index (χ0) is 19.6. The Morgan fingerprint density at radius 1 is 1.30 bits per heavy atom. The Hall–Kier alpha value is -2.72. The van der Waals surface area contributed by atoms with E-state index in [9.17, 15) is 4.79 Å². The average Bonchev–Trinajstić information content (AvgIpc) is 2.98. The molecule has 1 N–H and O–H groups in total. The number of hydrogen-bond donors (Lipinski definition) is 1. The number of fused-ring (bicyclic) bond motifs is 1. The van der Waals surface area contributed by atoms with E-state index >= 15 is 0 Å². The summed E-state index contributed by atoms with van der Waals surface area (Å²) >= 11 is 6.12. The highest BCUT2D eigenvalue weighted by molar-refractivity contribution is 6.31. The lowest BCUT2D eigenvalue weighted by Crippen LogP contribution is -2.10. The second kappa shape index (κ2) is 7.89. The lowest BCUT2D eigenvalue weighted by atomic mass is 10.0. The molecule has 0 aliphatic rings. The third kappa shape index (κ3) is 4.01. The number of anilines is 1. The summed E-state index contributed by atoms with van der Waals surface area (Å²) in [7, 11) is 0. The number of benzene rings is 2. The van der Waals surface area contributed by atoms with Gasteiger partial charge >= 0.3 is 0 Å². The SMILES string of the molecule is CCOc1cc2occ(C)c2cc1/C(C)=C/C(=O)Nc1cccc(Cl)c1C. The Bertz CT molecular complexity index is 1030. The molecule has 1 aromatic heterocycles. The molecule has 5 heteroatoms. The van der Waals surface area contributed by atoms with Crippen LogP contribution in [0.5, 0.6) is 5.75 Å². The Balaban J connectivity index is 1.94. The molecule has 1 heterocycles. The van der Waals surface area contributed by atoms with E-state index in [0.717, 1.165) is 33.2 Å². The van der Waals surface area contributed by atoms with Crippen molar-refractivity contribution >= 4 is 39.7 Å². The number of ether oxygens (including phenoxy) is 1. The van der Waals surface area contributed by atoms with E-state index < -0.39 is 0 Å². The van der Waals surface area contributed by atoms with Crippen molar-refractivity contribution in [3.63, 3.8) is 0 Å². The summed E-state index contributed by atoms with van der Waals surface area (Å²) in [5, 5.41) is 4.51. The lowest BCUT2D eigenvalue weighted by molar-refractivity contribution is -0.111. The van der Waals surface area contributed by atoms with E-state index in [4.69, 9.17) is 20.8 Å². The molecular weight excluding hydrogens is 362 g/mol. The van der Waals surface area contributed by atoms with Crippen molar-refractivity contribution in [2.45, 2.75) is 27.7 Å². The largest absolute Gasteiger partial charge is 0.493 e. The summed E-state index contributed by atoms with van der Waals surface area (Å²) in [6.07, 6.45) is 3.29. The van der Waals surface area contributed by atoms with Crippen LogP contribution >= 0.6 is 11.6 Å². The molecule has 3 aromatic rings. The minimum Gasteiger partial charge on any atom is -0.493 e. The van der Waals surface area contributed by atoms with Crippen LogP contribution in [0.25, 0.3) is 16.5 Å². The Labute approximate surface area is 163 Å². The molecular formula is C22H22ClNO3. The zero-order valence-corrected chi connectivity index (χ0v) is 16.6. The first kappa shape index (κ1) is 19.1. The molecule has 0 aliphatic carbocycles. The summed E-state index contributed by atoms with van der Waals surface area (Å²) in [6, 6.07) is 9.31. The standard InChI is InChI=1S/C22H22ClNO3/c1-5-26-20-11-21-17(14(3)12-27-21)10-16(20)13(2)9-22(25)24-19-8-6-7-18(23)15(19)4/h6-12H,5H2,1-4H3,(H,24,25)/b13-9+. The van der Waals surface area contributed by atoms with Crippen molar-refractivity contribution in [1.82, 2.24) is 0 Å². The van der Waals surface area contributed by atoms with Crippen LogP contribution in [0.15, 0.2) is 47.1 Å². The van der Waals surface area contributed by atoms with Gasteiger partial charge in [-0.1, -0.05) is 17.7 Å². The molecule has 140 valence electrons. The molecule has 0 unspecified atom stereocenters. The fourth-order valence-electron chi connectivity index (χ4n) is 2.95. The van der Waals surface area contributed by atoms with Gasteiger partial charge in [-0.05, 0) is 62.6 Å². The van der Waals surface area contributed by atoms with Crippen LogP contribution in [0.1, 0.15) is 30.5 Å². The highest BCUT2D eigenvalue weighted by Gasteiger charge is 2.13. The minimum atomic E-state index is -0.218. The summed E-state index contributed by atoms with van der Waals surface area (Å²) in [4.78, 5) is 12.5. The highest BCUT2D eigenvalue weighted by atomic mass is 35.5. The number of rotatable bonds is 5. The third-order valence-corrected chi connectivity index (χ3v) is 4.88. The Kier molecular flexibility index (Phi) is 5.57. The van der Waals surface area contributed by atoms with E-state index in [1.807, 2.05) is 52.0 Å². The van der Waals surface area contributed by atoms with E-state index in [1.165, 1.54) is 0 Å². The quantitative estimate of drug-likeness (QED) is 0.538. The molecule has 0 saturated carbocycles. The number of carbonyl (C=O) groups excluding carboxylic acids is 1. The van der Waals surface area contributed by atoms with Crippen LogP contribution in [0.3, 0.4) is 0 Å². The van der Waals surface area contributed by atoms with Crippen LogP contribution in [0.4, 0.5) is 5.69 Å². The molecule has 0 bridgehead atoms. The van der Waals surface area contributed by atoms with Gasteiger partial charge in [-0.15, -0.1) is 0 Å². The summed E-state index contributed by atoms with van der Waals surface area (Å²) in [5.74, 6) is 0.476. The maximum Gasteiger partial charge on any atom is 0.248 e. The Morgan fingerprint density at radius 2 is 2.07 bits per heavy atom. The Morgan fingerprint density at radius 3 is 2.81 bits per heavy atom. The molecule has 0 aliphatic heterocycles. The predicted molar refractivity (Wildman–Crippen MR) is 111 cm³/mol. The van der Waals surface area contributed by atoms with Crippen molar-refractivity contribution in [1.29, 1.82) is 0 Å². The molecule has 4 nitrogen and oxygen atoms in total. The second-order valence-electron chi connectivity index (χ2n) is 6.43. The molecule has 0 fully saturated rings. The monoisotopic (exact) mass is 383 g/mol. The normalized spacial score (nSPS) is 11.7. The number of carbonyl (C=O) groups is 1. The maximum atomic E-state index is 12.5. The maximum absolute atomic E-state index is 12.5. The number of amides is 1. The van der Waals surface area contributed by atoms with Gasteiger partial charge in [0.2, 0.25) is 5.91 Å². The molecule has 3 rings (SSSR count). The molecule has 0 radical (unpaired) electrons. The first-order chi connectivity index (χ1) is 12.9. The number of hydrogen-bond acceptors (Lipinski definition) is 3. The average molecular weight is 384 g/mol. The van der Waals surface area contributed by atoms with Crippen LogP contribution in [-0.4, -0.2) is 12.5 Å². The topological polar surface area (TPSA) is 51.5 Å². The first-order valence-corrected chi connectivity index (χ1v) is 9.18. The first-order valence-electron chi connectivity index (χ1n) is 8.80. The van der Waals surface area contributed by atoms with E-state index in [-0.39, 0.29) is 5.91 Å². The summed E-state index contributed by atoms with van der Waals surface area (Å²) in [5.41, 5.74) is 5.02. The van der Waals surface area contributed by atoms with Gasteiger partial charge in [0.25, 0.3) is 0 Å². The van der Waals surface area contributed by atoms with E-state index in [0.29, 0.717) is 23.1 Å². The molecule has 0 atom stereocenters. The number of halogens is 1. The molecule has 27 heavy (non-hydrogen) atoms. The minimum absolute atomic E-state index is 0.218. The third-order valence-electron chi connectivity index (χ3n) is 4.47. The number of nitrogens with one attached hydrogen (secondary N) is 1. The van der Waals surface area contributed by atoms with Crippen molar-refractivity contribution in [3.05, 3.63) is 64.4 Å². The number of allylic oxidation sites excluding steroid dienone is 1. The number of aryl methyl sites for hydroxylation is 1. The number of furan rings is 1. The fraction of sp³-hybridized carbons (Fsp3) is 0.227. The van der Waals surface area contributed by atoms with E-state index in [2.05, 4.69) is 5.32 Å². The smallest absolute Gasteiger partial charge is 0.248 e. The summed E-state index contributed by atoms with van der Waals surface area (Å²) < 4.78 is 11.3. The fourth-order valence-corrected chi connectivity index (χ4v) is 3.13. The highest BCUT2D eigenvalue weighted by Crippen LogP contribution is 2.33. The van der Waals surface area contributed by atoms with Gasteiger partial charge in [-0.3, -0.25) is 4.79 Å². The van der Waals surface area contributed by atoms with Gasteiger partial charge in [0.15, 0.2) is 0 Å². The van der Waals surface area contributed by atoms with Crippen LogP contribution in [-0.2, 0) is 4.79 Å². The lowest BCUT2D eigenvalue weighted by Gasteiger charge is -2.12. The van der Waals surface area contributed by atoms with Gasteiger partial charge in [0, 0.05) is 33.8 Å². The van der Waals surface area contributed by atoms with Crippen molar-refractivity contribution in [3.8, 4) is 5.75 Å². The molecule has 0 spiro atoms. The second-order valence-corrected chi connectivity index (χ2v) is 6.83. The van der Waals surface area contributed by atoms with Gasteiger partial charge in [0.05, 0.1) is 12.9 Å². The van der Waals surface area contributed by atoms with Crippen LogP contribution in [0, 0.1) is 13.8 Å². The van der Waals surface area contributed by atoms with Gasteiger partial charge < -0.3 is 14.5 Å². The van der Waals surface area contributed by atoms with Crippen molar-refractivity contribution < 1.29 is 13.9 Å². The van der Waals surface area contributed by atoms with Crippen LogP contribution in [0.2, 0.25) is 5.02 Å². The summed E-state index contributed by atoms with van der Waals surface area (Å²) in [6.45, 7) is 8.21. The van der Waals surface area contributed by atoms with E-state index in [1.54, 1.807) is 18.4 Å². The van der Waals surface area contributed by atoms with Crippen LogP contribution < -0.4 is 10.1 Å². The zero-order valence-electron chi connectivity index (χ0n) is 15.9. The molecule has 2 aromatic carbocycles.